The lowest BCUT2D eigenvalue weighted by atomic mass is 10.2. The zero-order valence-corrected chi connectivity index (χ0v) is 5.85. The Hall–Kier alpha value is -1.18. The van der Waals surface area contributed by atoms with Crippen LogP contribution in [0, 0.1) is 0 Å². The predicted octanol–water partition coefficient (Wildman–Crippen LogP) is 1.91. The average Bonchev–Trinajstić information content (AvgIpc) is 2.33. The quantitative estimate of drug-likeness (QED) is 0.577. The molecule has 10 heavy (non-hydrogen) atoms. The van der Waals surface area contributed by atoms with Crippen molar-refractivity contribution in [3.05, 3.63) is 29.3 Å². The summed E-state index contributed by atoms with van der Waals surface area (Å²) in [4.78, 5) is 3.11. The van der Waals surface area contributed by atoms with Crippen LogP contribution in [0.25, 0.3) is 6.08 Å². The average molecular weight is 135 g/mol. The molecule has 0 spiro atoms. The monoisotopic (exact) mass is 135 g/mol. The van der Waals surface area contributed by atoms with Crippen molar-refractivity contribution >= 4 is 6.08 Å². The minimum atomic E-state index is 0.685. The Balaban J connectivity index is 2.50. The highest BCUT2D eigenvalue weighted by Gasteiger charge is 2.07. The van der Waals surface area contributed by atoms with Gasteiger partial charge in [0, 0.05) is 11.8 Å². The summed E-state index contributed by atoms with van der Waals surface area (Å²) in [7, 11) is 0. The van der Waals surface area contributed by atoms with E-state index in [-0.39, 0.29) is 0 Å². The maximum absolute atomic E-state index is 5.29. The van der Waals surface area contributed by atoms with Gasteiger partial charge in [0.2, 0.25) is 0 Å². The van der Waals surface area contributed by atoms with Gasteiger partial charge in [0.15, 0.2) is 0 Å². The van der Waals surface area contributed by atoms with Crippen molar-refractivity contribution in [2.75, 3.05) is 0 Å². The van der Waals surface area contributed by atoms with E-state index in [1.807, 2.05) is 19.2 Å². The van der Waals surface area contributed by atoms with Gasteiger partial charge in [-0.25, -0.2) is 0 Å². The molecule has 0 amide bonds. The van der Waals surface area contributed by atoms with Gasteiger partial charge in [-0.05, 0) is 19.1 Å². The molecule has 2 heterocycles. The molecule has 0 aliphatic carbocycles. The fraction of sp³-hybridized carbons (Fsp3) is 0.250. The molecule has 1 aromatic heterocycles. The van der Waals surface area contributed by atoms with Crippen molar-refractivity contribution in [3.63, 3.8) is 0 Å². The van der Waals surface area contributed by atoms with Crippen LogP contribution in [0.5, 0.6) is 0 Å². The van der Waals surface area contributed by atoms with E-state index in [9.17, 15) is 0 Å². The molecule has 0 atom stereocenters. The number of rotatable bonds is 0. The van der Waals surface area contributed by atoms with E-state index in [4.69, 9.17) is 4.74 Å². The van der Waals surface area contributed by atoms with Crippen LogP contribution >= 0.6 is 0 Å². The van der Waals surface area contributed by atoms with Gasteiger partial charge < -0.3 is 9.72 Å². The lowest BCUT2D eigenvalue weighted by Crippen LogP contribution is -1.98. The van der Waals surface area contributed by atoms with E-state index < -0.39 is 0 Å². The molecule has 52 valence electrons. The standard InChI is InChI=1S/C8H9NO/c1-6-4-7-2-3-9-8(7)5-10-6/h2-4,9H,5H2,1H3. The Labute approximate surface area is 59.5 Å². The number of ether oxygens (including phenoxy) is 1. The third-order valence-electron chi connectivity index (χ3n) is 1.67. The van der Waals surface area contributed by atoms with Gasteiger partial charge in [0.1, 0.15) is 6.61 Å². The summed E-state index contributed by atoms with van der Waals surface area (Å²) in [5.74, 6) is 0.993. The van der Waals surface area contributed by atoms with Crippen LogP contribution in [0.15, 0.2) is 18.0 Å². The number of allylic oxidation sites excluding steroid dienone is 1. The Morgan fingerprint density at radius 2 is 2.50 bits per heavy atom. The second-order valence-corrected chi connectivity index (χ2v) is 2.46. The van der Waals surface area contributed by atoms with Crippen molar-refractivity contribution in [1.82, 2.24) is 4.98 Å². The topological polar surface area (TPSA) is 25.0 Å². The van der Waals surface area contributed by atoms with Crippen LogP contribution in [0.2, 0.25) is 0 Å². The highest BCUT2D eigenvalue weighted by Crippen LogP contribution is 2.19. The second kappa shape index (κ2) is 1.90. The van der Waals surface area contributed by atoms with Gasteiger partial charge in [-0.15, -0.1) is 0 Å². The van der Waals surface area contributed by atoms with Crippen LogP contribution in [0.4, 0.5) is 0 Å². The highest BCUT2D eigenvalue weighted by atomic mass is 16.5. The Morgan fingerprint density at radius 3 is 3.40 bits per heavy atom. The molecule has 2 rings (SSSR count). The summed E-state index contributed by atoms with van der Waals surface area (Å²) in [6, 6.07) is 2.06. The second-order valence-electron chi connectivity index (χ2n) is 2.46. The number of aromatic amines is 1. The Morgan fingerprint density at radius 1 is 1.60 bits per heavy atom. The SMILES string of the molecule is CC1=Cc2cc[nH]c2CO1. The third-order valence-corrected chi connectivity index (χ3v) is 1.67. The van der Waals surface area contributed by atoms with E-state index >= 15 is 0 Å². The molecule has 0 saturated carbocycles. The summed E-state index contributed by atoms with van der Waals surface area (Å²) >= 11 is 0. The lowest BCUT2D eigenvalue weighted by molar-refractivity contribution is 0.196. The Bertz CT molecular complexity index is 273. The van der Waals surface area contributed by atoms with Gasteiger partial charge >= 0.3 is 0 Å². The van der Waals surface area contributed by atoms with Crippen molar-refractivity contribution in [2.45, 2.75) is 13.5 Å². The van der Waals surface area contributed by atoms with Crippen molar-refractivity contribution in [3.8, 4) is 0 Å². The molecular formula is C8H9NO. The predicted molar refractivity (Wildman–Crippen MR) is 39.2 cm³/mol. The molecule has 2 heteroatoms. The fourth-order valence-corrected chi connectivity index (χ4v) is 1.12. The first-order chi connectivity index (χ1) is 4.86. The minimum absolute atomic E-state index is 0.685. The van der Waals surface area contributed by atoms with Crippen LogP contribution < -0.4 is 0 Å². The van der Waals surface area contributed by atoms with Crippen LogP contribution in [-0.2, 0) is 11.3 Å². The first-order valence-electron chi connectivity index (χ1n) is 3.33. The normalized spacial score (nSPS) is 15.5. The van der Waals surface area contributed by atoms with Gasteiger partial charge in [0.05, 0.1) is 11.5 Å². The fourth-order valence-electron chi connectivity index (χ4n) is 1.12. The van der Waals surface area contributed by atoms with E-state index in [0.29, 0.717) is 6.61 Å². The van der Waals surface area contributed by atoms with E-state index in [1.165, 1.54) is 11.3 Å². The minimum Gasteiger partial charge on any atom is -0.492 e. The largest absolute Gasteiger partial charge is 0.492 e. The molecule has 1 aliphatic heterocycles. The van der Waals surface area contributed by atoms with E-state index in [2.05, 4.69) is 11.1 Å². The number of aromatic nitrogens is 1. The first kappa shape index (κ1) is 5.59. The summed E-state index contributed by atoms with van der Waals surface area (Å²) in [5.41, 5.74) is 2.43. The van der Waals surface area contributed by atoms with Crippen LogP contribution in [0.1, 0.15) is 18.2 Å². The van der Waals surface area contributed by atoms with E-state index in [1.54, 1.807) is 0 Å². The summed E-state index contributed by atoms with van der Waals surface area (Å²) in [5, 5.41) is 0. The zero-order chi connectivity index (χ0) is 6.97. The number of H-pyrrole nitrogens is 1. The maximum atomic E-state index is 5.29. The molecule has 1 aliphatic rings. The van der Waals surface area contributed by atoms with E-state index in [0.717, 1.165) is 5.76 Å². The number of hydrogen-bond acceptors (Lipinski definition) is 1. The molecule has 0 saturated heterocycles. The van der Waals surface area contributed by atoms with Crippen molar-refractivity contribution in [2.24, 2.45) is 0 Å². The molecule has 0 bridgehead atoms. The number of fused-ring (bicyclic) bond motifs is 1. The van der Waals surface area contributed by atoms with Crippen molar-refractivity contribution in [1.29, 1.82) is 0 Å². The summed E-state index contributed by atoms with van der Waals surface area (Å²) in [6.07, 6.45) is 3.97. The first-order valence-corrected chi connectivity index (χ1v) is 3.33. The van der Waals surface area contributed by atoms with Crippen LogP contribution in [-0.4, -0.2) is 4.98 Å². The molecule has 2 nitrogen and oxygen atoms in total. The smallest absolute Gasteiger partial charge is 0.128 e. The highest BCUT2D eigenvalue weighted by molar-refractivity contribution is 5.55. The zero-order valence-electron chi connectivity index (χ0n) is 5.85. The third kappa shape index (κ3) is 0.727. The molecule has 1 N–H and O–H groups in total. The lowest BCUT2D eigenvalue weighted by Gasteiger charge is -2.11. The van der Waals surface area contributed by atoms with Gasteiger partial charge in [0.25, 0.3) is 0 Å². The van der Waals surface area contributed by atoms with Crippen molar-refractivity contribution < 1.29 is 4.74 Å². The maximum Gasteiger partial charge on any atom is 0.128 e. The number of nitrogens with one attached hydrogen (secondary N) is 1. The molecule has 0 radical (unpaired) electrons. The number of hydrogen-bond donors (Lipinski definition) is 1. The van der Waals surface area contributed by atoms with Gasteiger partial charge in [-0.1, -0.05) is 0 Å². The molecule has 1 aromatic rings. The molecule has 0 unspecified atom stereocenters. The summed E-state index contributed by atoms with van der Waals surface area (Å²) in [6.45, 7) is 2.65. The molecular weight excluding hydrogens is 126 g/mol. The van der Waals surface area contributed by atoms with Gasteiger partial charge in [-0.3, -0.25) is 0 Å². The van der Waals surface area contributed by atoms with Gasteiger partial charge in [-0.2, -0.15) is 0 Å². The molecule has 0 fully saturated rings. The van der Waals surface area contributed by atoms with Crippen LogP contribution in [0.3, 0.4) is 0 Å². The summed E-state index contributed by atoms with van der Waals surface area (Å²) < 4.78 is 5.29. The Kier molecular flexibility index (Phi) is 1.07. The molecule has 0 aromatic carbocycles.